The van der Waals surface area contributed by atoms with Crippen molar-refractivity contribution < 1.29 is 14.4 Å². The fourth-order valence-corrected chi connectivity index (χ4v) is 5.52. The average molecular weight is 546 g/mol. The van der Waals surface area contributed by atoms with Crippen LogP contribution in [0.4, 0.5) is 0 Å². The summed E-state index contributed by atoms with van der Waals surface area (Å²) < 4.78 is 0. The highest BCUT2D eigenvalue weighted by Crippen LogP contribution is 2.34. The smallest absolute Gasteiger partial charge is 0.249 e. The molecule has 38 heavy (non-hydrogen) atoms. The molecule has 1 N–H and O–H groups in total. The summed E-state index contributed by atoms with van der Waals surface area (Å²) in [6.45, 7) is 19.2. The standard InChI is InChI=1S/C27H41N3O3S.C4H10/c1-8-22(27(5,6)21-12-10-9-11-13-21)25(32)28-17-24(31)29(7)23(19(2)3)16-20(4)26(33)30-14-15-34-18-30;1-4(2)3/h9-13,16,19,22-23H,8,14-15,17-18H2,1-7H3,(H,28,32);4H,1-3H3/b20-16+;/t22-,23-;/m1./s1. The third-order valence-corrected chi connectivity index (χ3v) is 7.81. The summed E-state index contributed by atoms with van der Waals surface area (Å²) in [6, 6.07) is 9.78. The monoisotopic (exact) mass is 545 g/mol. The molecule has 1 aliphatic heterocycles. The van der Waals surface area contributed by atoms with Crippen LogP contribution in [0, 0.1) is 17.8 Å². The van der Waals surface area contributed by atoms with Crippen LogP contribution in [0.15, 0.2) is 42.0 Å². The second-order valence-corrected chi connectivity index (χ2v) is 12.8. The van der Waals surface area contributed by atoms with Crippen molar-refractivity contribution in [1.29, 1.82) is 0 Å². The van der Waals surface area contributed by atoms with E-state index < -0.39 is 0 Å². The van der Waals surface area contributed by atoms with Crippen LogP contribution in [0.2, 0.25) is 0 Å². The van der Waals surface area contributed by atoms with Crippen LogP contribution < -0.4 is 5.32 Å². The lowest BCUT2D eigenvalue weighted by Gasteiger charge is -2.34. The highest BCUT2D eigenvalue weighted by atomic mass is 32.2. The van der Waals surface area contributed by atoms with Gasteiger partial charge in [-0.3, -0.25) is 14.4 Å². The first-order valence-corrected chi connectivity index (χ1v) is 15.0. The van der Waals surface area contributed by atoms with Crippen molar-refractivity contribution in [1.82, 2.24) is 15.1 Å². The number of carbonyl (C=O) groups excluding carboxylic acids is 3. The number of hydrogen-bond acceptors (Lipinski definition) is 4. The van der Waals surface area contributed by atoms with E-state index in [1.807, 2.05) is 69.0 Å². The number of amides is 3. The van der Waals surface area contributed by atoms with Crippen LogP contribution in [0.1, 0.15) is 74.3 Å². The average Bonchev–Trinajstić information content (AvgIpc) is 3.40. The van der Waals surface area contributed by atoms with Crippen molar-refractivity contribution in [2.45, 2.75) is 80.2 Å². The van der Waals surface area contributed by atoms with Crippen molar-refractivity contribution in [2.75, 3.05) is 31.8 Å². The third kappa shape index (κ3) is 10.1. The Labute approximate surface area is 236 Å². The van der Waals surface area contributed by atoms with Gasteiger partial charge in [0.1, 0.15) is 0 Å². The molecule has 3 amide bonds. The first-order chi connectivity index (χ1) is 17.7. The largest absolute Gasteiger partial charge is 0.347 e. The quantitative estimate of drug-likeness (QED) is 0.381. The minimum Gasteiger partial charge on any atom is -0.347 e. The molecule has 7 heteroatoms. The highest BCUT2D eigenvalue weighted by Gasteiger charge is 2.35. The molecule has 0 unspecified atom stereocenters. The third-order valence-electron chi connectivity index (χ3n) is 6.85. The van der Waals surface area contributed by atoms with Gasteiger partial charge in [0.2, 0.25) is 17.7 Å². The van der Waals surface area contributed by atoms with Gasteiger partial charge in [0.25, 0.3) is 0 Å². The molecule has 2 rings (SSSR count). The molecule has 0 aromatic heterocycles. The Morgan fingerprint density at radius 1 is 1.11 bits per heavy atom. The number of hydrogen-bond donors (Lipinski definition) is 1. The Balaban J connectivity index is 0.00000168. The molecule has 1 aromatic carbocycles. The normalized spacial score (nSPS) is 15.6. The molecule has 0 saturated carbocycles. The Morgan fingerprint density at radius 3 is 2.16 bits per heavy atom. The number of thioether (sulfide) groups is 1. The zero-order chi connectivity index (χ0) is 29.0. The summed E-state index contributed by atoms with van der Waals surface area (Å²) in [5.41, 5.74) is 1.39. The van der Waals surface area contributed by atoms with E-state index in [1.54, 1.807) is 23.7 Å². The minimum absolute atomic E-state index is 0.0266. The maximum absolute atomic E-state index is 13.1. The zero-order valence-electron chi connectivity index (χ0n) is 25.3. The Morgan fingerprint density at radius 2 is 1.68 bits per heavy atom. The Kier molecular flexibility index (Phi) is 14.2. The molecule has 214 valence electrons. The fraction of sp³-hybridized carbons (Fsp3) is 0.645. The van der Waals surface area contributed by atoms with Gasteiger partial charge in [0.15, 0.2) is 0 Å². The molecule has 1 fully saturated rings. The maximum Gasteiger partial charge on any atom is 0.249 e. The highest BCUT2D eigenvalue weighted by molar-refractivity contribution is 7.99. The molecule has 1 heterocycles. The molecule has 2 atom stereocenters. The summed E-state index contributed by atoms with van der Waals surface area (Å²) in [5.74, 6) is 2.12. The molecule has 0 bridgehead atoms. The van der Waals surface area contributed by atoms with Crippen LogP contribution in [0.3, 0.4) is 0 Å². The van der Waals surface area contributed by atoms with Gasteiger partial charge in [-0.2, -0.15) is 0 Å². The van der Waals surface area contributed by atoms with E-state index in [2.05, 4.69) is 39.9 Å². The van der Waals surface area contributed by atoms with Crippen LogP contribution in [-0.4, -0.2) is 65.3 Å². The number of carbonyl (C=O) groups is 3. The van der Waals surface area contributed by atoms with Crippen LogP contribution >= 0.6 is 11.8 Å². The van der Waals surface area contributed by atoms with Crippen molar-refractivity contribution in [2.24, 2.45) is 17.8 Å². The Bertz CT molecular complexity index is 919. The van der Waals surface area contributed by atoms with Crippen LogP contribution in [0.5, 0.6) is 0 Å². The first-order valence-electron chi connectivity index (χ1n) is 13.9. The minimum atomic E-state index is -0.358. The molecule has 0 radical (unpaired) electrons. The van der Waals surface area contributed by atoms with Gasteiger partial charge in [0, 0.05) is 36.3 Å². The lowest BCUT2D eigenvalue weighted by Crippen LogP contribution is -2.48. The molecule has 1 aromatic rings. The zero-order valence-corrected chi connectivity index (χ0v) is 26.2. The summed E-state index contributed by atoms with van der Waals surface area (Å²) in [7, 11) is 1.74. The van der Waals surface area contributed by atoms with Gasteiger partial charge in [-0.1, -0.05) is 91.8 Å². The van der Waals surface area contributed by atoms with Crippen molar-refractivity contribution >= 4 is 29.5 Å². The van der Waals surface area contributed by atoms with E-state index in [0.29, 0.717) is 12.0 Å². The second-order valence-electron chi connectivity index (χ2n) is 11.7. The van der Waals surface area contributed by atoms with E-state index in [1.165, 1.54) is 0 Å². The van der Waals surface area contributed by atoms with Gasteiger partial charge in [0.05, 0.1) is 18.5 Å². The lowest BCUT2D eigenvalue weighted by molar-refractivity contribution is -0.135. The van der Waals surface area contributed by atoms with Gasteiger partial charge < -0.3 is 15.1 Å². The lowest BCUT2D eigenvalue weighted by atomic mass is 9.71. The van der Waals surface area contributed by atoms with Crippen LogP contribution in [-0.2, 0) is 19.8 Å². The van der Waals surface area contributed by atoms with Crippen LogP contribution in [0.25, 0.3) is 0 Å². The summed E-state index contributed by atoms with van der Waals surface area (Å²) in [4.78, 5) is 42.3. The fourth-order valence-electron chi connectivity index (χ4n) is 4.57. The van der Waals surface area contributed by atoms with Crippen molar-refractivity contribution in [3.63, 3.8) is 0 Å². The predicted octanol–water partition coefficient (Wildman–Crippen LogP) is 5.73. The molecule has 0 spiro atoms. The summed E-state index contributed by atoms with van der Waals surface area (Å²) in [5, 5.41) is 2.88. The Hall–Kier alpha value is -2.28. The predicted molar refractivity (Wildman–Crippen MR) is 161 cm³/mol. The van der Waals surface area contributed by atoms with E-state index in [9.17, 15) is 14.4 Å². The summed E-state index contributed by atoms with van der Waals surface area (Å²) in [6.07, 6.45) is 2.56. The molecular formula is C31H51N3O3S. The molecule has 1 saturated heterocycles. The maximum atomic E-state index is 13.1. The number of benzene rings is 1. The SMILES string of the molecule is CC(C)C.CC[C@H](C(=O)NCC(=O)N(C)[C@H](/C=C(\C)C(=O)N1CCSC1)C(C)C)C(C)(C)c1ccccc1. The van der Waals surface area contributed by atoms with Crippen molar-refractivity contribution in [3.05, 3.63) is 47.5 Å². The van der Waals surface area contributed by atoms with E-state index in [4.69, 9.17) is 0 Å². The van der Waals surface area contributed by atoms with Crippen molar-refractivity contribution in [3.8, 4) is 0 Å². The van der Waals surface area contributed by atoms with E-state index >= 15 is 0 Å². The van der Waals surface area contributed by atoms with E-state index in [-0.39, 0.29) is 47.6 Å². The first kappa shape index (κ1) is 33.7. The van der Waals surface area contributed by atoms with Gasteiger partial charge >= 0.3 is 0 Å². The van der Waals surface area contributed by atoms with E-state index in [0.717, 1.165) is 29.7 Å². The van der Waals surface area contributed by atoms with Gasteiger partial charge in [-0.25, -0.2) is 0 Å². The number of nitrogens with zero attached hydrogens (tertiary/aromatic N) is 2. The number of rotatable bonds is 10. The topological polar surface area (TPSA) is 69.7 Å². The summed E-state index contributed by atoms with van der Waals surface area (Å²) >= 11 is 1.75. The molecule has 6 nitrogen and oxygen atoms in total. The molecule has 1 aliphatic rings. The number of nitrogens with one attached hydrogen (secondary N) is 1. The number of likely N-dealkylation sites (N-methyl/N-ethyl adjacent to an activating group) is 1. The molecule has 0 aliphatic carbocycles. The van der Waals surface area contributed by atoms with Gasteiger partial charge in [-0.15, -0.1) is 11.8 Å². The second kappa shape index (κ2) is 16.0. The molecular weight excluding hydrogens is 494 g/mol. The van der Waals surface area contributed by atoms with Gasteiger partial charge in [-0.05, 0) is 30.7 Å².